The van der Waals surface area contributed by atoms with E-state index in [1.54, 1.807) is 10.9 Å². The minimum absolute atomic E-state index is 0.0117. The Labute approximate surface area is 125 Å². The molecule has 0 spiro atoms. The number of hydrogen-bond donors (Lipinski definition) is 1. The molecule has 1 N–H and O–H groups in total. The number of nitrogens with zero attached hydrogens (tertiary/aromatic N) is 3. The number of rotatable bonds is 3. The van der Waals surface area contributed by atoms with E-state index in [0.29, 0.717) is 5.92 Å². The second kappa shape index (κ2) is 5.68. The second-order valence-electron chi connectivity index (χ2n) is 6.48. The quantitative estimate of drug-likeness (QED) is 0.941. The maximum absolute atomic E-state index is 12.1. The maximum Gasteiger partial charge on any atom is 0.229 e. The summed E-state index contributed by atoms with van der Waals surface area (Å²) >= 11 is 0. The molecule has 2 aromatic rings. The van der Waals surface area contributed by atoms with Crippen molar-refractivity contribution in [3.63, 3.8) is 0 Å². The molecule has 0 saturated heterocycles. The van der Waals surface area contributed by atoms with Crippen LogP contribution in [0.15, 0.2) is 30.5 Å². The van der Waals surface area contributed by atoms with Crippen LogP contribution in [0.25, 0.3) is 5.69 Å². The zero-order valence-electron chi connectivity index (χ0n) is 13.2. The molecule has 21 heavy (non-hydrogen) atoms. The van der Waals surface area contributed by atoms with Crippen molar-refractivity contribution in [3.05, 3.63) is 36.2 Å². The van der Waals surface area contributed by atoms with Crippen LogP contribution in [-0.2, 0) is 4.79 Å². The zero-order chi connectivity index (χ0) is 15.6. The van der Waals surface area contributed by atoms with Crippen LogP contribution in [0.4, 0.5) is 5.69 Å². The molecule has 2 rings (SSSR count). The molecule has 1 aromatic carbocycles. The largest absolute Gasteiger partial charge is 0.326 e. The minimum Gasteiger partial charge on any atom is -0.326 e. The van der Waals surface area contributed by atoms with Crippen molar-refractivity contribution >= 4 is 11.6 Å². The highest BCUT2D eigenvalue weighted by atomic mass is 16.2. The summed E-state index contributed by atoms with van der Waals surface area (Å²) in [5.41, 5.74) is 2.27. The Morgan fingerprint density at radius 3 is 2.62 bits per heavy atom. The summed E-state index contributed by atoms with van der Waals surface area (Å²) in [4.78, 5) is 12.1. The van der Waals surface area contributed by atoms with Gasteiger partial charge in [0.25, 0.3) is 0 Å². The molecule has 0 saturated carbocycles. The standard InChI is InChI=1S/C16H22N4O/c1-11(2)14-10-17-19-20(14)13-8-6-7-12(9-13)18-15(21)16(3,4)5/h6-11H,1-5H3,(H,18,21). The van der Waals surface area contributed by atoms with Gasteiger partial charge in [-0.1, -0.05) is 45.9 Å². The first-order valence-corrected chi connectivity index (χ1v) is 7.11. The molecule has 1 aromatic heterocycles. The normalized spacial score (nSPS) is 11.7. The van der Waals surface area contributed by atoms with E-state index in [-0.39, 0.29) is 5.91 Å². The van der Waals surface area contributed by atoms with Crippen LogP contribution in [0.1, 0.15) is 46.2 Å². The molecule has 1 heterocycles. The van der Waals surface area contributed by atoms with Gasteiger partial charge in [0.05, 0.1) is 17.6 Å². The van der Waals surface area contributed by atoms with E-state index >= 15 is 0 Å². The van der Waals surface area contributed by atoms with Crippen LogP contribution in [-0.4, -0.2) is 20.9 Å². The van der Waals surface area contributed by atoms with Crippen molar-refractivity contribution in [3.8, 4) is 5.69 Å². The fraction of sp³-hybridized carbons (Fsp3) is 0.438. The first kappa shape index (κ1) is 15.2. The van der Waals surface area contributed by atoms with Gasteiger partial charge in [-0.3, -0.25) is 4.79 Å². The third-order valence-electron chi connectivity index (χ3n) is 3.20. The van der Waals surface area contributed by atoms with Gasteiger partial charge < -0.3 is 5.32 Å². The van der Waals surface area contributed by atoms with Crippen molar-refractivity contribution in [1.82, 2.24) is 15.0 Å². The molecule has 0 aliphatic rings. The Hall–Kier alpha value is -2.17. The lowest BCUT2D eigenvalue weighted by molar-refractivity contribution is -0.123. The number of carbonyl (C=O) groups is 1. The number of nitrogens with one attached hydrogen (secondary N) is 1. The van der Waals surface area contributed by atoms with Gasteiger partial charge in [0, 0.05) is 11.1 Å². The molecule has 0 unspecified atom stereocenters. The van der Waals surface area contributed by atoms with Crippen molar-refractivity contribution in [2.45, 2.75) is 40.5 Å². The third-order valence-corrected chi connectivity index (χ3v) is 3.20. The molecular weight excluding hydrogens is 264 g/mol. The third kappa shape index (κ3) is 3.48. The predicted molar refractivity (Wildman–Crippen MR) is 83.5 cm³/mol. The van der Waals surface area contributed by atoms with E-state index in [1.165, 1.54) is 0 Å². The molecule has 0 atom stereocenters. The molecule has 1 amide bonds. The van der Waals surface area contributed by atoms with E-state index in [9.17, 15) is 4.79 Å². The summed E-state index contributed by atoms with van der Waals surface area (Å²) in [6.07, 6.45) is 1.77. The van der Waals surface area contributed by atoms with Gasteiger partial charge in [-0.05, 0) is 24.1 Å². The number of hydrogen-bond acceptors (Lipinski definition) is 3. The average Bonchev–Trinajstić information content (AvgIpc) is 2.87. The van der Waals surface area contributed by atoms with Crippen LogP contribution in [0.3, 0.4) is 0 Å². The van der Waals surface area contributed by atoms with Gasteiger partial charge in [-0.25, -0.2) is 4.68 Å². The molecule has 112 valence electrons. The molecule has 0 bridgehead atoms. The highest BCUT2D eigenvalue weighted by Crippen LogP contribution is 2.21. The predicted octanol–water partition coefficient (Wildman–Crippen LogP) is 3.38. The summed E-state index contributed by atoms with van der Waals surface area (Å²) < 4.78 is 1.80. The number of aromatic nitrogens is 3. The summed E-state index contributed by atoms with van der Waals surface area (Å²) in [7, 11) is 0. The Morgan fingerprint density at radius 1 is 1.29 bits per heavy atom. The molecule has 0 aliphatic carbocycles. The van der Waals surface area contributed by atoms with Crippen molar-refractivity contribution in [2.75, 3.05) is 5.32 Å². The van der Waals surface area contributed by atoms with Gasteiger partial charge in [-0.15, -0.1) is 5.10 Å². The molecule has 0 aliphatic heterocycles. The van der Waals surface area contributed by atoms with Crippen LogP contribution < -0.4 is 5.32 Å². The van der Waals surface area contributed by atoms with Gasteiger partial charge in [0.15, 0.2) is 0 Å². The van der Waals surface area contributed by atoms with Crippen LogP contribution in [0.5, 0.6) is 0 Å². The Bertz CT molecular complexity index is 638. The molecule has 5 heteroatoms. The maximum atomic E-state index is 12.1. The van der Waals surface area contributed by atoms with Gasteiger partial charge in [0.1, 0.15) is 0 Å². The molecule has 0 fully saturated rings. The van der Waals surface area contributed by atoms with Crippen molar-refractivity contribution < 1.29 is 4.79 Å². The molecule has 0 radical (unpaired) electrons. The van der Waals surface area contributed by atoms with E-state index in [0.717, 1.165) is 17.1 Å². The SMILES string of the molecule is CC(C)c1cnnn1-c1cccc(NC(=O)C(C)(C)C)c1. The highest BCUT2D eigenvalue weighted by molar-refractivity contribution is 5.94. The number of benzene rings is 1. The lowest BCUT2D eigenvalue weighted by atomic mass is 9.95. The van der Waals surface area contributed by atoms with E-state index in [1.807, 2.05) is 45.0 Å². The number of amides is 1. The Morgan fingerprint density at radius 2 is 2.00 bits per heavy atom. The first-order valence-electron chi connectivity index (χ1n) is 7.11. The summed E-state index contributed by atoms with van der Waals surface area (Å²) in [5.74, 6) is 0.315. The zero-order valence-corrected chi connectivity index (χ0v) is 13.2. The first-order chi connectivity index (χ1) is 9.79. The van der Waals surface area contributed by atoms with Gasteiger partial charge in [-0.2, -0.15) is 0 Å². The summed E-state index contributed by atoms with van der Waals surface area (Å²) in [5, 5.41) is 11.0. The minimum atomic E-state index is -0.424. The van der Waals surface area contributed by atoms with Crippen LogP contribution in [0.2, 0.25) is 0 Å². The average molecular weight is 286 g/mol. The summed E-state index contributed by atoms with van der Waals surface area (Å²) in [6, 6.07) is 7.63. The number of anilines is 1. The highest BCUT2D eigenvalue weighted by Gasteiger charge is 2.21. The summed E-state index contributed by atoms with van der Waals surface area (Å²) in [6.45, 7) is 9.86. The van der Waals surface area contributed by atoms with E-state index in [2.05, 4.69) is 29.5 Å². The lowest BCUT2D eigenvalue weighted by Gasteiger charge is -2.18. The van der Waals surface area contributed by atoms with E-state index < -0.39 is 5.41 Å². The van der Waals surface area contributed by atoms with Crippen LogP contribution >= 0.6 is 0 Å². The van der Waals surface area contributed by atoms with Crippen molar-refractivity contribution in [1.29, 1.82) is 0 Å². The number of carbonyl (C=O) groups excluding carboxylic acids is 1. The van der Waals surface area contributed by atoms with Gasteiger partial charge in [0.2, 0.25) is 5.91 Å². The fourth-order valence-corrected chi connectivity index (χ4v) is 1.87. The van der Waals surface area contributed by atoms with Crippen molar-refractivity contribution in [2.24, 2.45) is 5.41 Å². The Kier molecular flexibility index (Phi) is 4.11. The molecule has 5 nitrogen and oxygen atoms in total. The van der Waals surface area contributed by atoms with E-state index in [4.69, 9.17) is 0 Å². The topological polar surface area (TPSA) is 59.8 Å². The lowest BCUT2D eigenvalue weighted by Crippen LogP contribution is -2.27. The van der Waals surface area contributed by atoms with Gasteiger partial charge >= 0.3 is 0 Å². The second-order valence-corrected chi connectivity index (χ2v) is 6.48. The van der Waals surface area contributed by atoms with Crippen LogP contribution in [0, 0.1) is 5.41 Å². The monoisotopic (exact) mass is 286 g/mol. The fourth-order valence-electron chi connectivity index (χ4n) is 1.87. The Balaban J connectivity index is 2.30. The smallest absolute Gasteiger partial charge is 0.229 e. The molecular formula is C16H22N4O.